The Morgan fingerprint density at radius 1 is 1.08 bits per heavy atom. The van der Waals surface area contributed by atoms with Gasteiger partial charge >= 0.3 is 0 Å². The number of aromatic nitrogens is 2. The lowest BCUT2D eigenvalue weighted by Gasteiger charge is -2.19. The molecule has 0 atom stereocenters. The predicted molar refractivity (Wildman–Crippen MR) is 145 cm³/mol. The van der Waals surface area contributed by atoms with Crippen molar-refractivity contribution in [3.8, 4) is 11.5 Å². The number of benzene rings is 3. The third-order valence-electron chi connectivity index (χ3n) is 5.51. The number of carbonyl (C=O) groups is 1. The van der Waals surface area contributed by atoms with E-state index in [9.17, 15) is 4.79 Å². The molecule has 0 saturated heterocycles. The molecular weight excluding hydrogens is 472 g/mol. The van der Waals surface area contributed by atoms with E-state index in [0.717, 1.165) is 22.2 Å². The van der Waals surface area contributed by atoms with Gasteiger partial charge in [-0.3, -0.25) is 4.79 Å². The van der Waals surface area contributed by atoms with Gasteiger partial charge in [-0.25, -0.2) is 10.4 Å². The number of aromatic amines is 1. The quantitative estimate of drug-likeness (QED) is 0.174. The van der Waals surface area contributed by atoms with Crippen molar-refractivity contribution in [1.29, 1.82) is 0 Å². The number of rotatable bonds is 9. The lowest BCUT2D eigenvalue weighted by atomic mass is 9.87. The van der Waals surface area contributed by atoms with Gasteiger partial charge in [0.25, 0.3) is 5.91 Å². The second-order valence-corrected chi connectivity index (χ2v) is 10.3. The van der Waals surface area contributed by atoms with E-state index in [1.54, 1.807) is 13.3 Å². The number of fused-ring (bicyclic) bond motifs is 1. The monoisotopic (exact) mass is 502 g/mol. The molecule has 0 aliphatic rings. The number of ether oxygens (including phenoxy) is 2. The molecule has 1 amide bonds. The molecule has 2 N–H and O–H groups in total. The van der Waals surface area contributed by atoms with E-state index in [0.29, 0.717) is 23.3 Å². The summed E-state index contributed by atoms with van der Waals surface area (Å²) in [6.45, 7) is 7.02. The van der Waals surface area contributed by atoms with Gasteiger partial charge in [0.15, 0.2) is 16.7 Å². The van der Waals surface area contributed by atoms with Crippen molar-refractivity contribution in [2.45, 2.75) is 37.9 Å². The van der Waals surface area contributed by atoms with E-state index < -0.39 is 0 Å². The first-order valence-electron chi connectivity index (χ1n) is 11.6. The van der Waals surface area contributed by atoms with Crippen LogP contribution in [0.5, 0.6) is 11.5 Å². The fraction of sp³-hybridized carbons (Fsp3) is 0.250. The third kappa shape index (κ3) is 6.66. The van der Waals surface area contributed by atoms with Crippen molar-refractivity contribution < 1.29 is 14.3 Å². The molecule has 1 heterocycles. The molecule has 0 saturated carbocycles. The van der Waals surface area contributed by atoms with Crippen LogP contribution in [-0.4, -0.2) is 35.0 Å². The average molecular weight is 503 g/mol. The molecule has 0 fully saturated rings. The number of imidazole rings is 1. The van der Waals surface area contributed by atoms with Crippen molar-refractivity contribution in [2.24, 2.45) is 5.10 Å². The summed E-state index contributed by atoms with van der Waals surface area (Å²) >= 11 is 1.32. The lowest BCUT2D eigenvalue weighted by molar-refractivity contribution is -0.118. The number of hydrogen-bond donors (Lipinski definition) is 2. The molecule has 0 bridgehead atoms. The van der Waals surface area contributed by atoms with E-state index in [-0.39, 0.29) is 17.1 Å². The molecule has 0 aliphatic heterocycles. The molecule has 186 valence electrons. The Morgan fingerprint density at radius 2 is 1.86 bits per heavy atom. The highest BCUT2D eigenvalue weighted by Gasteiger charge is 2.13. The summed E-state index contributed by atoms with van der Waals surface area (Å²) in [5, 5.41) is 4.75. The Kier molecular flexibility index (Phi) is 7.95. The van der Waals surface area contributed by atoms with Gasteiger partial charge in [-0.2, -0.15) is 5.10 Å². The summed E-state index contributed by atoms with van der Waals surface area (Å²) in [5.74, 6) is 1.21. The number of hydrogen-bond acceptors (Lipinski definition) is 6. The van der Waals surface area contributed by atoms with Gasteiger partial charge in [-0.15, -0.1) is 0 Å². The molecule has 0 spiro atoms. The predicted octanol–water partition coefficient (Wildman–Crippen LogP) is 5.69. The summed E-state index contributed by atoms with van der Waals surface area (Å²) in [5.41, 5.74) is 7.62. The van der Waals surface area contributed by atoms with Crippen LogP contribution in [0.15, 0.2) is 77.0 Å². The van der Waals surface area contributed by atoms with Gasteiger partial charge in [0.05, 0.1) is 30.1 Å². The molecule has 7 nitrogen and oxygen atoms in total. The smallest absolute Gasteiger partial charge is 0.250 e. The van der Waals surface area contributed by atoms with Crippen LogP contribution in [-0.2, 0) is 16.8 Å². The number of hydrazone groups is 1. The average Bonchev–Trinajstić information content (AvgIpc) is 3.29. The minimum atomic E-state index is -0.221. The van der Waals surface area contributed by atoms with Crippen molar-refractivity contribution in [3.05, 3.63) is 83.4 Å². The number of carbonyl (C=O) groups excluding carboxylic acids is 1. The van der Waals surface area contributed by atoms with Crippen LogP contribution >= 0.6 is 11.8 Å². The minimum absolute atomic E-state index is 0.118. The normalized spacial score (nSPS) is 11.7. The first-order valence-corrected chi connectivity index (χ1v) is 12.6. The highest BCUT2D eigenvalue weighted by molar-refractivity contribution is 7.99. The Labute approximate surface area is 215 Å². The molecule has 3 aromatic carbocycles. The highest BCUT2D eigenvalue weighted by Crippen LogP contribution is 2.29. The van der Waals surface area contributed by atoms with Crippen LogP contribution in [0.3, 0.4) is 0 Å². The van der Waals surface area contributed by atoms with Gasteiger partial charge in [-0.05, 0) is 52.4 Å². The Hall–Kier alpha value is -3.78. The fourth-order valence-electron chi connectivity index (χ4n) is 3.49. The van der Waals surface area contributed by atoms with Crippen LogP contribution in [0.4, 0.5) is 0 Å². The van der Waals surface area contributed by atoms with Crippen molar-refractivity contribution in [2.75, 3.05) is 12.9 Å². The van der Waals surface area contributed by atoms with E-state index in [4.69, 9.17) is 9.47 Å². The van der Waals surface area contributed by atoms with Gasteiger partial charge in [-0.1, -0.05) is 68.9 Å². The van der Waals surface area contributed by atoms with Crippen molar-refractivity contribution in [3.63, 3.8) is 0 Å². The zero-order valence-electron chi connectivity index (χ0n) is 20.9. The number of para-hydroxylation sites is 2. The van der Waals surface area contributed by atoms with Crippen LogP contribution in [0.25, 0.3) is 11.0 Å². The topological polar surface area (TPSA) is 88.6 Å². The van der Waals surface area contributed by atoms with Gasteiger partial charge < -0.3 is 14.5 Å². The standard InChI is InChI=1S/C28H30N4O3S/c1-28(2,3)21-12-9-19(10-13-21)17-35-24-14-11-20(15-25(24)34-4)16-29-32-26(33)18-36-27-30-22-7-5-6-8-23(22)31-27/h5-16H,17-18H2,1-4H3,(H,30,31)(H,32,33)/b29-16+. The first kappa shape index (κ1) is 25.3. The summed E-state index contributed by atoms with van der Waals surface area (Å²) in [6, 6.07) is 21.7. The number of methoxy groups -OCH3 is 1. The van der Waals surface area contributed by atoms with Crippen molar-refractivity contribution in [1.82, 2.24) is 15.4 Å². The number of nitrogens with one attached hydrogen (secondary N) is 2. The molecule has 36 heavy (non-hydrogen) atoms. The zero-order valence-corrected chi connectivity index (χ0v) is 21.7. The van der Waals surface area contributed by atoms with Crippen LogP contribution in [0.2, 0.25) is 0 Å². The summed E-state index contributed by atoms with van der Waals surface area (Å²) < 4.78 is 11.5. The maximum absolute atomic E-state index is 12.2. The highest BCUT2D eigenvalue weighted by atomic mass is 32.2. The van der Waals surface area contributed by atoms with E-state index in [1.807, 2.05) is 42.5 Å². The summed E-state index contributed by atoms with van der Waals surface area (Å²) in [7, 11) is 1.60. The van der Waals surface area contributed by atoms with Crippen LogP contribution < -0.4 is 14.9 Å². The zero-order chi connectivity index (χ0) is 25.5. The molecular formula is C28H30N4O3S. The molecule has 8 heteroatoms. The summed E-state index contributed by atoms with van der Waals surface area (Å²) in [6.07, 6.45) is 1.57. The van der Waals surface area contributed by atoms with Gasteiger partial charge in [0.2, 0.25) is 0 Å². The lowest BCUT2D eigenvalue weighted by Crippen LogP contribution is -2.19. The van der Waals surface area contributed by atoms with Crippen molar-refractivity contribution >= 4 is 34.9 Å². The maximum atomic E-state index is 12.2. The fourth-order valence-corrected chi connectivity index (χ4v) is 4.17. The second kappa shape index (κ2) is 11.3. The molecule has 0 radical (unpaired) electrons. The number of thioether (sulfide) groups is 1. The Morgan fingerprint density at radius 3 is 2.58 bits per heavy atom. The minimum Gasteiger partial charge on any atom is -0.493 e. The van der Waals surface area contributed by atoms with E-state index in [1.165, 1.54) is 17.3 Å². The number of amides is 1. The number of nitrogens with zero attached hydrogens (tertiary/aromatic N) is 2. The molecule has 0 aliphatic carbocycles. The molecule has 4 aromatic rings. The van der Waals surface area contributed by atoms with Gasteiger partial charge in [0, 0.05) is 0 Å². The number of H-pyrrole nitrogens is 1. The van der Waals surface area contributed by atoms with Gasteiger partial charge in [0.1, 0.15) is 6.61 Å². The van der Waals surface area contributed by atoms with E-state index in [2.05, 4.69) is 65.5 Å². The summed E-state index contributed by atoms with van der Waals surface area (Å²) in [4.78, 5) is 19.8. The SMILES string of the molecule is COc1cc(/C=N/NC(=O)CSc2nc3ccccc3[nH]2)ccc1OCc1ccc(C(C)(C)C)cc1. The first-order chi connectivity index (χ1) is 17.3. The third-order valence-corrected chi connectivity index (χ3v) is 6.39. The Bertz CT molecular complexity index is 1320. The second-order valence-electron chi connectivity index (χ2n) is 9.29. The maximum Gasteiger partial charge on any atom is 0.250 e. The van der Waals surface area contributed by atoms with Crippen LogP contribution in [0, 0.1) is 0 Å². The van der Waals surface area contributed by atoms with Crippen LogP contribution in [0.1, 0.15) is 37.5 Å². The van der Waals surface area contributed by atoms with E-state index >= 15 is 0 Å². The molecule has 0 unspecified atom stereocenters. The largest absolute Gasteiger partial charge is 0.493 e. The molecule has 1 aromatic heterocycles. The Balaban J connectivity index is 1.28. The molecule has 4 rings (SSSR count).